The van der Waals surface area contributed by atoms with Gasteiger partial charge in [-0.3, -0.25) is 9.59 Å². The van der Waals surface area contributed by atoms with E-state index in [1.54, 1.807) is 6.92 Å². The molecule has 5 nitrogen and oxygen atoms in total. The van der Waals surface area contributed by atoms with Gasteiger partial charge in [0.1, 0.15) is 5.75 Å². The van der Waals surface area contributed by atoms with Crippen LogP contribution >= 0.6 is 0 Å². The Morgan fingerprint density at radius 3 is 2.22 bits per heavy atom. The molecule has 1 unspecified atom stereocenters. The van der Waals surface area contributed by atoms with Crippen LogP contribution < -0.4 is 15.8 Å². The summed E-state index contributed by atoms with van der Waals surface area (Å²) in [6.45, 7) is 14.8. The Bertz CT molecular complexity index is 666. The van der Waals surface area contributed by atoms with Crippen LogP contribution in [-0.2, 0) is 20.4 Å². The lowest BCUT2D eigenvalue weighted by Crippen LogP contribution is -2.38. The average Bonchev–Trinajstić information content (AvgIpc) is 2.58. The first-order valence-corrected chi connectivity index (χ1v) is 9.78. The molecule has 0 fully saturated rings. The van der Waals surface area contributed by atoms with E-state index in [4.69, 9.17) is 10.5 Å². The molecule has 0 aliphatic rings. The minimum absolute atomic E-state index is 0.0646. The van der Waals surface area contributed by atoms with Gasteiger partial charge < -0.3 is 15.8 Å². The molecule has 0 bridgehead atoms. The van der Waals surface area contributed by atoms with Crippen LogP contribution in [0.2, 0.25) is 0 Å². The molecule has 5 heteroatoms. The third-order valence-corrected chi connectivity index (χ3v) is 5.53. The Balaban J connectivity index is 3.00. The molecule has 0 aliphatic carbocycles. The summed E-state index contributed by atoms with van der Waals surface area (Å²) in [4.78, 5) is 23.1. The second-order valence-electron chi connectivity index (χ2n) is 8.61. The second-order valence-corrected chi connectivity index (χ2v) is 8.61. The first-order chi connectivity index (χ1) is 12.4. The number of ether oxygens (including phenoxy) is 1. The highest BCUT2D eigenvalue weighted by molar-refractivity contribution is 5.79. The van der Waals surface area contributed by atoms with E-state index in [1.165, 1.54) is 5.56 Å². The number of nitrogens with one attached hydrogen (secondary N) is 1. The van der Waals surface area contributed by atoms with Gasteiger partial charge in [-0.15, -0.1) is 0 Å². The number of primary amides is 1. The molecule has 0 aromatic heterocycles. The van der Waals surface area contributed by atoms with Crippen molar-refractivity contribution in [1.29, 1.82) is 0 Å². The molecule has 3 N–H and O–H groups in total. The Labute approximate surface area is 164 Å². The normalized spacial score (nSPS) is 13.1. The molecule has 1 aromatic rings. The zero-order valence-electron chi connectivity index (χ0n) is 17.9. The second kappa shape index (κ2) is 9.25. The Kier molecular flexibility index (Phi) is 7.88. The lowest BCUT2D eigenvalue weighted by atomic mass is 9.76. The molecule has 2 amide bonds. The van der Waals surface area contributed by atoms with E-state index in [9.17, 15) is 9.59 Å². The van der Waals surface area contributed by atoms with Crippen molar-refractivity contribution < 1.29 is 14.3 Å². The average molecular weight is 377 g/mol. The van der Waals surface area contributed by atoms with Crippen LogP contribution in [0.1, 0.15) is 78.9 Å². The largest absolute Gasteiger partial charge is 0.483 e. The molecule has 152 valence electrons. The van der Waals surface area contributed by atoms with Crippen LogP contribution in [0.25, 0.3) is 0 Å². The predicted octanol–water partition coefficient (Wildman–Crippen LogP) is 3.82. The fourth-order valence-corrected chi connectivity index (χ4v) is 2.81. The molecule has 0 spiro atoms. The Morgan fingerprint density at radius 2 is 1.70 bits per heavy atom. The molecular weight excluding hydrogens is 340 g/mol. The van der Waals surface area contributed by atoms with Gasteiger partial charge in [0, 0.05) is 18.0 Å². The van der Waals surface area contributed by atoms with E-state index in [-0.39, 0.29) is 35.8 Å². The first-order valence-electron chi connectivity index (χ1n) is 9.78. The maximum Gasteiger partial charge on any atom is 0.258 e. The predicted molar refractivity (Wildman–Crippen MR) is 110 cm³/mol. The highest BCUT2D eigenvalue weighted by atomic mass is 16.5. The highest BCUT2D eigenvalue weighted by Gasteiger charge is 2.27. The first kappa shape index (κ1) is 23.0. The van der Waals surface area contributed by atoms with Crippen LogP contribution in [0, 0.1) is 0 Å². The maximum atomic E-state index is 12.1. The van der Waals surface area contributed by atoms with E-state index >= 15 is 0 Å². The van der Waals surface area contributed by atoms with Gasteiger partial charge in [-0.25, -0.2) is 0 Å². The number of carbonyl (C=O) groups is 2. The van der Waals surface area contributed by atoms with Gasteiger partial charge in [0.05, 0.1) is 0 Å². The van der Waals surface area contributed by atoms with E-state index in [1.807, 2.05) is 6.07 Å². The number of carbonyl (C=O) groups excluding carboxylic acids is 2. The van der Waals surface area contributed by atoms with Gasteiger partial charge in [-0.2, -0.15) is 0 Å². The van der Waals surface area contributed by atoms with E-state index in [0.717, 1.165) is 24.2 Å². The van der Waals surface area contributed by atoms with Crippen molar-refractivity contribution in [2.45, 2.75) is 84.6 Å². The number of nitrogens with two attached hydrogens (primary N) is 1. The molecule has 1 rings (SSSR count). The molecule has 0 saturated carbocycles. The van der Waals surface area contributed by atoms with Crippen LogP contribution in [-0.4, -0.2) is 24.5 Å². The van der Waals surface area contributed by atoms with E-state index < -0.39 is 5.91 Å². The van der Waals surface area contributed by atoms with Crippen LogP contribution in [0.5, 0.6) is 5.75 Å². The van der Waals surface area contributed by atoms with Crippen LogP contribution in [0.15, 0.2) is 18.2 Å². The molecule has 1 aromatic carbocycles. The maximum absolute atomic E-state index is 12.1. The highest BCUT2D eigenvalue weighted by Crippen LogP contribution is 2.38. The minimum atomic E-state index is -0.440. The lowest BCUT2D eigenvalue weighted by Gasteiger charge is -2.30. The van der Waals surface area contributed by atoms with Crippen molar-refractivity contribution >= 4 is 11.8 Å². The van der Waals surface area contributed by atoms with E-state index in [2.05, 4.69) is 59.0 Å². The van der Waals surface area contributed by atoms with E-state index in [0.29, 0.717) is 0 Å². The Hall–Kier alpha value is -2.04. The summed E-state index contributed by atoms with van der Waals surface area (Å²) >= 11 is 0. The molecule has 0 aliphatic heterocycles. The molecular formula is C22H36N2O3. The number of hydrogen-bond acceptors (Lipinski definition) is 3. The van der Waals surface area contributed by atoms with Crippen molar-refractivity contribution in [1.82, 2.24) is 5.32 Å². The van der Waals surface area contributed by atoms with Gasteiger partial charge >= 0.3 is 0 Å². The third kappa shape index (κ3) is 6.56. The summed E-state index contributed by atoms with van der Waals surface area (Å²) in [6.07, 6.45) is 2.11. The quantitative estimate of drug-likeness (QED) is 0.651. The molecule has 0 saturated heterocycles. The van der Waals surface area contributed by atoms with Crippen molar-refractivity contribution in [3.05, 3.63) is 29.3 Å². The number of benzene rings is 1. The van der Waals surface area contributed by atoms with Gasteiger partial charge in [0.2, 0.25) is 5.91 Å². The van der Waals surface area contributed by atoms with Crippen molar-refractivity contribution in [3.8, 4) is 5.75 Å². The zero-order valence-corrected chi connectivity index (χ0v) is 17.9. The standard InChI is InChI=1S/C22H36N2O3/c1-8-21(4,5)16-10-11-18(17(13-16)22(6,7)9-2)27-14-20(26)24-15(3)12-19(23)25/h10-11,13,15H,8-9,12,14H2,1-7H3,(H2,23,25)(H,24,26). The molecule has 0 heterocycles. The van der Waals surface area contributed by atoms with Crippen molar-refractivity contribution in [2.75, 3.05) is 6.61 Å². The monoisotopic (exact) mass is 376 g/mol. The van der Waals surface area contributed by atoms with Crippen molar-refractivity contribution in [2.24, 2.45) is 5.73 Å². The van der Waals surface area contributed by atoms with Crippen LogP contribution in [0.4, 0.5) is 0 Å². The van der Waals surface area contributed by atoms with Crippen LogP contribution in [0.3, 0.4) is 0 Å². The fourth-order valence-electron chi connectivity index (χ4n) is 2.81. The molecule has 1 atom stereocenters. The summed E-state index contributed by atoms with van der Waals surface area (Å²) in [6, 6.07) is 5.97. The number of rotatable bonds is 10. The molecule has 0 radical (unpaired) electrons. The fraction of sp³-hybridized carbons (Fsp3) is 0.636. The lowest BCUT2D eigenvalue weighted by molar-refractivity contribution is -0.124. The number of amides is 2. The summed E-state index contributed by atoms with van der Waals surface area (Å²) < 4.78 is 5.87. The van der Waals surface area contributed by atoms with Gasteiger partial charge in [0.25, 0.3) is 5.91 Å². The smallest absolute Gasteiger partial charge is 0.258 e. The zero-order chi connectivity index (χ0) is 20.8. The van der Waals surface area contributed by atoms with Gasteiger partial charge in [0.15, 0.2) is 6.61 Å². The minimum Gasteiger partial charge on any atom is -0.483 e. The summed E-state index contributed by atoms with van der Waals surface area (Å²) in [7, 11) is 0. The SMILES string of the molecule is CCC(C)(C)c1ccc(OCC(=O)NC(C)CC(N)=O)c(C(C)(C)CC)c1. The number of hydrogen-bond donors (Lipinski definition) is 2. The summed E-state index contributed by atoms with van der Waals surface area (Å²) in [5.41, 5.74) is 7.56. The van der Waals surface area contributed by atoms with Gasteiger partial charge in [-0.1, -0.05) is 53.7 Å². The topological polar surface area (TPSA) is 81.4 Å². The van der Waals surface area contributed by atoms with Crippen molar-refractivity contribution in [3.63, 3.8) is 0 Å². The van der Waals surface area contributed by atoms with Gasteiger partial charge in [-0.05, 0) is 42.2 Å². The third-order valence-electron chi connectivity index (χ3n) is 5.53. The molecule has 27 heavy (non-hydrogen) atoms. The summed E-state index contributed by atoms with van der Waals surface area (Å²) in [5, 5.41) is 2.73. The summed E-state index contributed by atoms with van der Waals surface area (Å²) in [5.74, 6) is 0.0296. The Morgan fingerprint density at radius 1 is 1.11 bits per heavy atom.